The third kappa shape index (κ3) is 4.75. The Labute approximate surface area is 120 Å². The Morgan fingerprint density at radius 2 is 1.63 bits per heavy atom. The van der Waals surface area contributed by atoms with Gasteiger partial charge < -0.3 is 10.5 Å². The molecule has 0 unspecified atom stereocenters. The molecule has 0 amide bonds. The SMILES string of the molecule is COC(C)(C)CCC1(CN)CCC(C(C)(C)C)CC1. The van der Waals surface area contributed by atoms with Gasteiger partial charge >= 0.3 is 0 Å². The monoisotopic (exact) mass is 269 g/mol. The van der Waals surface area contributed by atoms with Crippen LogP contribution in [-0.4, -0.2) is 19.3 Å². The Kier molecular flexibility index (Phi) is 5.48. The quantitative estimate of drug-likeness (QED) is 0.804. The first-order valence-corrected chi connectivity index (χ1v) is 7.89. The van der Waals surface area contributed by atoms with Gasteiger partial charge in [0, 0.05) is 7.11 Å². The molecule has 114 valence electrons. The summed E-state index contributed by atoms with van der Waals surface area (Å²) < 4.78 is 5.55. The van der Waals surface area contributed by atoms with E-state index >= 15 is 0 Å². The van der Waals surface area contributed by atoms with Crippen molar-refractivity contribution >= 4 is 0 Å². The van der Waals surface area contributed by atoms with Gasteiger partial charge in [0.2, 0.25) is 0 Å². The molecule has 19 heavy (non-hydrogen) atoms. The van der Waals surface area contributed by atoms with E-state index in [4.69, 9.17) is 10.5 Å². The lowest BCUT2D eigenvalue weighted by molar-refractivity contribution is -0.00506. The fraction of sp³-hybridized carbons (Fsp3) is 1.00. The predicted molar refractivity (Wildman–Crippen MR) is 83.2 cm³/mol. The molecular formula is C17H35NO. The van der Waals surface area contributed by atoms with E-state index in [9.17, 15) is 0 Å². The van der Waals surface area contributed by atoms with Crippen LogP contribution >= 0.6 is 0 Å². The zero-order valence-corrected chi connectivity index (χ0v) is 14.0. The van der Waals surface area contributed by atoms with Crippen LogP contribution in [-0.2, 0) is 4.74 Å². The second-order valence-electron chi connectivity index (χ2n) is 8.31. The number of nitrogens with two attached hydrogens (primary N) is 1. The summed E-state index contributed by atoms with van der Waals surface area (Å²) in [6.45, 7) is 12.3. The summed E-state index contributed by atoms with van der Waals surface area (Å²) in [5.41, 5.74) is 6.94. The maximum absolute atomic E-state index is 6.12. The van der Waals surface area contributed by atoms with Crippen molar-refractivity contribution in [3.05, 3.63) is 0 Å². The second kappa shape index (κ2) is 6.13. The molecule has 0 aromatic carbocycles. The zero-order chi connectivity index (χ0) is 14.7. The van der Waals surface area contributed by atoms with Gasteiger partial charge in [0.15, 0.2) is 0 Å². The average molecular weight is 269 g/mol. The fourth-order valence-corrected chi connectivity index (χ4v) is 3.32. The molecule has 0 aromatic heterocycles. The van der Waals surface area contributed by atoms with E-state index in [0.29, 0.717) is 10.8 Å². The standard InChI is InChI=1S/C17H35NO/c1-15(2,3)14-7-9-17(13-18,10-8-14)12-11-16(4,5)19-6/h14H,7-13,18H2,1-6H3. The van der Waals surface area contributed by atoms with Crippen LogP contribution in [0.1, 0.15) is 73.1 Å². The van der Waals surface area contributed by atoms with Crippen molar-refractivity contribution in [1.29, 1.82) is 0 Å². The molecule has 1 aliphatic carbocycles. The highest BCUT2D eigenvalue weighted by Gasteiger charge is 2.38. The van der Waals surface area contributed by atoms with Gasteiger partial charge in [0.25, 0.3) is 0 Å². The summed E-state index contributed by atoms with van der Waals surface area (Å²) in [7, 11) is 1.81. The summed E-state index contributed by atoms with van der Waals surface area (Å²) >= 11 is 0. The van der Waals surface area contributed by atoms with Crippen molar-refractivity contribution in [2.75, 3.05) is 13.7 Å². The Morgan fingerprint density at radius 1 is 1.11 bits per heavy atom. The number of hydrogen-bond acceptors (Lipinski definition) is 2. The Bertz CT molecular complexity index is 269. The van der Waals surface area contributed by atoms with E-state index in [1.54, 1.807) is 0 Å². The minimum absolute atomic E-state index is 0.0109. The Hall–Kier alpha value is -0.0800. The summed E-state index contributed by atoms with van der Waals surface area (Å²) in [5.74, 6) is 0.864. The molecule has 0 spiro atoms. The molecule has 0 saturated heterocycles. The molecule has 2 nitrogen and oxygen atoms in total. The smallest absolute Gasteiger partial charge is 0.0623 e. The first kappa shape index (κ1) is 17.0. The van der Waals surface area contributed by atoms with E-state index in [0.717, 1.165) is 18.9 Å². The van der Waals surface area contributed by atoms with Crippen molar-refractivity contribution in [1.82, 2.24) is 0 Å². The molecule has 0 aromatic rings. The van der Waals surface area contributed by atoms with Crippen LogP contribution in [0.4, 0.5) is 0 Å². The lowest BCUT2D eigenvalue weighted by Gasteiger charge is -2.44. The number of hydrogen-bond donors (Lipinski definition) is 1. The van der Waals surface area contributed by atoms with Gasteiger partial charge in [-0.05, 0) is 75.7 Å². The summed E-state index contributed by atoms with van der Waals surface area (Å²) in [6.07, 6.45) is 7.60. The molecule has 1 fully saturated rings. The zero-order valence-electron chi connectivity index (χ0n) is 14.0. The minimum atomic E-state index is -0.0109. The topological polar surface area (TPSA) is 35.2 Å². The van der Waals surface area contributed by atoms with Gasteiger partial charge in [0.1, 0.15) is 0 Å². The fourth-order valence-electron chi connectivity index (χ4n) is 3.32. The number of rotatable bonds is 5. The molecule has 0 atom stereocenters. The van der Waals surface area contributed by atoms with Crippen molar-refractivity contribution < 1.29 is 4.74 Å². The van der Waals surface area contributed by atoms with E-state index in [-0.39, 0.29) is 5.60 Å². The molecule has 2 heteroatoms. The third-order valence-corrected chi connectivity index (χ3v) is 5.51. The third-order valence-electron chi connectivity index (χ3n) is 5.51. The lowest BCUT2D eigenvalue weighted by Crippen LogP contribution is -2.39. The maximum atomic E-state index is 6.12. The molecular weight excluding hydrogens is 234 g/mol. The second-order valence-corrected chi connectivity index (χ2v) is 8.31. The largest absolute Gasteiger partial charge is 0.379 e. The van der Waals surface area contributed by atoms with Crippen molar-refractivity contribution in [2.24, 2.45) is 22.5 Å². The summed E-state index contributed by atoms with van der Waals surface area (Å²) in [4.78, 5) is 0. The molecule has 0 heterocycles. The van der Waals surface area contributed by atoms with Gasteiger partial charge in [-0.2, -0.15) is 0 Å². The minimum Gasteiger partial charge on any atom is -0.379 e. The van der Waals surface area contributed by atoms with Gasteiger partial charge in [-0.15, -0.1) is 0 Å². The van der Waals surface area contributed by atoms with Crippen LogP contribution < -0.4 is 5.73 Å². The first-order chi connectivity index (χ1) is 8.64. The van der Waals surface area contributed by atoms with Gasteiger partial charge in [-0.3, -0.25) is 0 Å². The first-order valence-electron chi connectivity index (χ1n) is 7.89. The van der Waals surface area contributed by atoms with Crippen molar-refractivity contribution in [3.8, 4) is 0 Å². The molecule has 2 N–H and O–H groups in total. The van der Waals surface area contributed by atoms with Crippen LogP contribution in [0.2, 0.25) is 0 Å². The number of methoxy groups -OCH3 is 1. The Morgan fingerprint density at radius 3 is 2.00 bits per heavy atom. The van der Waals surface area contributed by atoms with Crippen molar-refractivity contribution in [2.45, 2.75) is 78.7 Å². The molecule has 1 saturated carbocycles. The summed E-state index contributed by atoms with van der Waals surface area (Å²) in [5, 5.41) is 0. The highest BCUT2D eigenvalue weighted by molar-refractivity contribution is 4.91. The van der Waals surface area contributed by atoms with Crippen LogP contribution in [0, 0.1) is 16.7 Å². The lowest BCUT2D eigenvalue weighted by atomic mass is 9.62. The normalized spacial score (nSPS) is 29.5. The van der Waals surface area contributed by atoms with Crippen LogP contribution in [0.15, 0.2) is 0 Å². The van der Waals surface area contributed by atoms with Crippen LogP contribution in [0.5, 0.6) is 0 Å². The van der Waals surface area contributed by atoms with Gasteiger partial charge in [0.05, 0.1) is 5.60 Å². The number of ether oxygens (including phenoxy) is 1. The highest BCUT2D eigenvalue weighted by Crippen LogP contribution is 2.47. The highest BCUT2D eigenvalue weighted by atomic mass is 16.5. The molecule has 0 bridgehead atoms. The van der Waals surface area contributed by atoms with Gasteiger partial charge in [-0.1, -0.05) is 20.8 Å². The van der Waals surface area contributed by atoms with E-state index in [1.807, 2.05) is 7.11 Å². The molecule has 0 radical (unpaired) electrons. The maximum Gasteiger partial charge on any atom is 0.0623 e. The van der Waals surface area contributed by atoms with E-state index in [1.165, 1.54) is 32.1 Å². The van der Waals surface area contributed by atoms with Crippen LogP contribution in [0.3, 0.4) is 0 Å². The molecule has 1 rings (SSSR count). The molecule has 1 aliphatic rings. The van der Waals surface area contributed by atoms with E-state index < -0.39 is 0 Å². The van der Waals surface area contributed by atoms with Crippen molar-refractivity contribution in [3.63, 3.8) is 0 Å². The van der Waals surface area contributed by atoms with Crippen LogP contribution in [0.25, 0.3) is 0 Å². The Balaban J connectivity index is 2.56. The van der Waals surface area contributed by atoms with E-state index in [2.05, 4.69) is 34.6 Å². The average Bonchev–Trinajstić information content (AvgIpc) is 2.36. The molecule has 0 aliphatic heterocycles. The summed E-state index contributed by atoms with van der Waals surface area (Å²) in [6, 6.07) is 0. The van der Waals surface area contributed by atoms with Gasteiger partial charge in [-0.25, -0.2) is 0 Å². The predicted octanol–water partition coefficient (Wildman–Crippen LogP) is 4.37.